The van der Waals surface area contributed by atoms with Gasteiger partial charge in [0.1, 0.15) is 5.75 Å². The number of morpholine rings is 2. The second-order valence-electron chi connectivity index (χ2n) is 9.01. The molecule has 35 heavy (non-hydrogen) atoms. The van der Waals surface area contributed by atoms with Crippen molar-refractivity contribution >= 4 is 11.8 Å². The number of amides is 2. The van der Waals surface area contributed by atoms with E-state index in [1.807, 2.05) is 66.4 Å². The van der Waals surface area contributed by atoms with Crippen molar-refractivity contribution in [2.45, 2.75) is 13.0 Å². The summed E-state index contributed by atoms with van der Waals surface area (Å²) >= 11 is 0. The maximum Gasteiger partial charge on any atom is 0.260 e. The summed E-state index contributed by atoms with van der Waals surface area (Å²) in [5.74, 6) is 0.577. The summed E-state index contributed by atoms with van der Waals surface area (Å²) in [7, 11) is 0. The van der Waals surface area contributed by atoms with Crippen molar-refractivity contribution in [1.29, 1.82) is 0 Å². The fourth-order valence-electron chi connectivity index (χ4n) is 4.30. The van der Waals surface area contributed by atoms with Crippen molar-refractivity contribution < 1.29 is 23.8 Å². The molecule has 0 saturated carbocycles. The van der Waals surface area contributed by atoms with Gasteiger partial charge in [-0.3, -0.25) is 14.5 Å². The van der Waals surface area contributed by atoms with Crippen molar-refractivity contribution in [2.75, 3.05) is 72.2 Å². The summed E-state index contributed by atoms with van der Waals surface area (Å²) in [6.07, 6.45) is -0.247. The number of aryl methyl sites for hydroxylation is 1. The Morgan fingerprint density at radius 1 is 1.00 bits per heavy atom. The van der Waals surface area contributed by atoms with E-state index in [1.165, 1.54) is 0 Å². The van der Waals surface area contributed by atoms with Gasteiger partial charge in [0.05, 0.1) is 25.9 Å². The lowest BCUT2D eigenvalue weighted by molar-refractivity contribution is -0.141. The van der Waals surface area contributed by atoms with Crippen LogP contribution in [0.5, 0.6) is 5.75 Å². The van der Waals surface area contributed by atoms with Crippen LogP contribution in [0, 0.1) is 6.92 Å². The van der Waals surface area contributed by atoms with Gasteiger partial charge in [0, 0.05) is 51.4 Å². The number of hydrogen-bond donors (Lipinski definition) is 0. The van der Waals surface area contributed by atoms with Gasteiger partial charge in [-0.2, -0.15) is 0 Å². The largest absolute Gasteiger partial charge is 0.484 e. The number of ether oxygens (including phenoxy) is 3. The van der Waals surface area contributed by atoms with E-state index >= 15 is 0 Å². The number of hydrogen-bond acceptors (Lipinski definition) is 6. The van der Waals surface area contributed by atoms with Crippen LogP contribution in [-0.4, -0.2) is 105 Å². The van der Waals surface area contributed by atoms with Gasteiger partial charge in [0.25, 0.3) is 11.8 Å². The van der Waals surface area contributed by atoms with Crippen molar-refractivity contribution in [3.05, 3.63) is 65.7 Å². The summed E-state index contributed by atoms with van der Waals surface area (Å²) in [6.45, 7) is 8.38. The third-order valence-corrected chi connectivity index (χ3v) is 6.40. The van der Waals surface area contributed by atoms with E-state index in [4.69, 9.17) is 14.2 Å². The van der Waals surface area contributed by atoms with Crippen LogP contribution in [0.4, 0.5) is 0 Å². The van der Waals surface area contributed by atoms with Crippen LogP contribution >= 0.6 is 0 Å². The zero-order chi connectivity index (χ0) is 24.5. The maximum atomic E-state index is 13.4. The third-order valence-electron chi connectivity index (χ3n) is 6.40. The van der Waals surface area contributed by atoms with E-state index in [2.05, 4.69) is 4.90 Å². The first-order valence-corrected chi connectivity index (χ1v) is 12.3. The molecule has 2 aliphatic heterocycles. The summed E-state index contributed by atoms with van der Waals surface area (Å²) < 4.78 is 17.1. The zero-order valence-corrected chi connectivity index (χ0v) is 20.4. The first-order chi connectivity index (χ1) is 17.1. The Kier molecular flexibility index (Phi) is 9.11. The minimum atomic E-state index is -0.247. The fraction of sp³-hybridized carbons (Fsp3) is 0.481. The Morgan fingerprint density at radius 3 is 2.49 bits per heavy atom. The number of para-hydroxylation sites is 1. The molecule has 2 aliphatic rings. The van der Waals surface area contributed by atoms with Gasteiger partial charge in [-0.1, -0.05) is 35.9 Å². The number of carbonyl (C=O) groups excluding carboxylic acids is 2. The van der Waals surface area contributed by atoms with Crippen LogP contribution in [0.25, 0.3) is 0 Å². The van der Waals surface area contributed by atoms with Crippen LogP contribution in [0.15, 0.2) is 54.6 Å². The van der Waals surface area contributed by atoms with Crippen LogP contribution < -0.4 is 4.74 Å². The third kappa shape index (κ3) is 7.52. The van der Waals surface area contributed by atoms with E-state index in [-0.39, 0.29) is 24.5 Å². The van der Waals surface area contributed by atoms with Crippen molar-refractivity contribution in [3.8, 4) is 5.75 Å². The first kappa shape index (κ1) is 25.2. The molecular formula is C27H35N3O5. The number of nitrogens with zero attached hydrogens (tertiary/aromatic N) is 3. The van der Waals surface area contributed by atoms with Crippen molar-refractivity contribution in [3.63, 3.8) is 0 Å². The van der Waals surface area contributed by atoms with E-state index in [9.17, 15) is 9.59 Å². The highest BCUT2D eigenvalue weighted by molar-refractivity contribution is 5.94. The molecule has 2 amide bonds. The molecule has 0 spiro atoms. The van der Waals surface area contributed by atoms with E-state index in [0.717, 1.165) is 38.4 Å². The summed E-state index contributed by atoms with van der Waals surface area (Å²) in [5, 5.41) is 0. The van der Waals surface area contributed by atoms with Gasteiger partial charge in [0.2, 0.25) is 0 Å². The van der Waals surface area contributed by atoms with Gasteiger partial charge < -0.3 is 24.0 Å². The van der Waals surface area contributed by atoms with E-state index in [1.54, 1.807) is 4.90 Å². The number of benzene rings is 2. The molecule has 0 aromatic heterocycles. The molecule has 2 aromatic carbocycles. The highest BCUT2D eigenvalue weighted by Crippen LogP contribution is 2.14. The highest BCUT2D eigenvalue weighted by Gasteiger charge is 2.28. The monoisotopic (exact) mass is 481 g/mol. The number of rotatable bonds is 9. The molecule has 8 heteroatoms. The quantitative estimate of drug-likeness (QED) is 0.546. The lowest BCUT2D eigenvalue weighted by atomic mass is 10.1. The van der Waals surface area contributed by atoms with E-state index < -0.39 is 0 Å². The molecule has 8 nitrogen and oxygen atoms in total. The molecule has 0 N–H and O–H groups in total. The second-order valence-corrected chi connectivity index (χ2v) is 9.01. The molecule has 1 atom stereocenters. The molecule has 0 aliphatic carbocycles. The van der Waals surface area contributed by atoms with Gasteiger partial charge in [-0.15, -0.1) is 0 Å². The van der Waals surface area contributed by atoms with Gasteiger partial charge in [-0.05, 0) is 31.2 Å². The van der Waals surface area contributed by atoms with Crippen molar-refractivity contribution in [1.82, 2.24) is 14.7 Å². The van der Waals surface area contributed by atoms with Crippen LogP contribution in [0.1, 0.15) is 15.9 Å². The predicted molar refractivity (Wildman–Crippen MR) is 133 cm³/mol. The Balaban J connectivity index is 1.36. The standard InChI is InChI=1S/C27H35N3O5/c1-22-7-9-23(10-8-22)27(32)30(12-11-28-13-16-33-17-14-28)20-25-19-29(15-18-34-25)26(31)21-35-24-5-3-2-4-6-24/h2-10,25H,11-21H2,1H3/t25-/m1/s1. The number of carbonyl (C=O) groups is 2. The van der Waals surface area contributed by atoms with E-state index in [0.29, 0.717) is 44.1 Å². The zero-order valence-electron chi connectivity index (χ0n) is 20.4. The Hall–Kier alpha value is -2.94. The molecule has 2 saturated heterocycles. The summed E-state index contributed by atoms with van der Waals surface area (Å²) in [4.78, 5) is 32.1. The average molecular weight is 482 g/mol. The van der Waals surface area contributed by atoms with Crippen molar-refractivity contribution in [2.24, 2.45) is 0 Å². The highest BCUT2D eigenvalue weighted by atomic mass is 16.5. The minimum absolute atomic E-state index is 0.0141. The average Bonchev–Trinajstić information content (AvgIpc) is 2.91. The summed E-state index contributed by atoms with van der Waals surface area (Å²) in [6, 6.07) is 17.0. The summed E-state index contributed by atoms with van der Waals surface area (Å²) in [5.41, 5.74) is 1.78. The normalized spacial score (nSPS) is 18.8. The molecule has 2 fully saturated rings. The smallest absolute Gasteiger partial charge is 0.260 e. The Labute approximate surface area is 207 Å². The Morgan fingerprint density at radius 2 is 1.74 bits per heavy atom. The Bertz CT molecular complexity index is 947. The molecule has 2 aromatic rings. The molecule has 0 unspecified atom stereocenters. The molecule has 2 heterocycles. The fourth-order valence-corrected chi connectivity index (χ4v) is 4.30. The lowest BCUT2D eigenvalue weighted by Crippen LogP contribution is -2.52. The molecule has 0 bridgehead atoms. The molecular weight excluding hydrogens is 446 g/mol. The lowest BCUT2D eigenvalue weighted by Gasteiger charge is -2.36. The molecule has 188 valence electrons. The SMILES string of the molecule is Cc1ccc(C(=O)N(CCN2CCOCC2)C[C@H]2CN(C(=O)COc3ccccc3)CCO2)cc1. The van der Waals surface area contributed by atoms with Gasteiger partial charge >= 0.3 is 0 Å². The minimum Gasteiger partial charge on any atom is -0.484 e. The van der Waals surface area contributed by atoms with Gasteiger partial charge in [-0.25, -0.2) is 0 Å². The van der Waals surface area contributed by atoms with Gasteiger partial charge in [0.15, 0.2) is 6.61 Å². The van der Waals surface area contributed by atoms with Crippen LogP contribution in [-0.2, 0) is 14.3 Å². The molecule has 4 rings (SSSR count). The molecule has 0 radical (unpaired) electrons. The first-order valence-electron chi connectivity index (χ1n) is 12.3. The topological polar surface area (TPSA) is 71.6 Å². The maximum absolute atomic E-state index is 13.4. The second kappa shape index (κ2) is 12.7. The predicted octanol–water partition coefficient (Wildman–Crippen LogP) is 2.08. The van der Waals surface area contributed by atoms with Crippen LogP contribution in [0.2, 0.25) is 0 Å². The van der Waals surface area contributed by atoms with Crippen LogP contribution in [0.3, 0.4) is 0 Å².